The van der Waals surface area contributed by atoms with Gasteiger partial charge < -0.3 is 20.7 Å². The van der Waals surface area contributed by atoms with Crippen molar-refractivity contribution in [3.05, 3.63) is 72.3 Å². The molecule has 3 aromatic carbocycles. The summed E-state index contributed by atoms with van der Waals surface area (Å²) in [5.41, 5.74) is 1.09. The smallest absolute Gasteiger partial charge is 0.407 e. The number of nitrogens with one attached hydrogen (secondary N) is 3. The Hall–Kier alpha value is -3.87. The Balaban J connectivity index is 1.56. The third-order valence-corrected chi connectivity index (χ3v) is 4.46. The number of carbonyl (C=O) groups is 3. The van der Waals surface area contributed by atoms with Crippen LogP contribution in [0, 0.1) is 0 Å². The fourth-order valence-corrected chi connectivity index (χ4v) is 3.11. The second-order valence-electron chi connectivity index (χ2n) is 8.29. The van der Waals surface area contributed by atoms with E-state index in [0.717, 1.165) is 10.8 Å². The Morgan fingerprint density at radius 1 is 0.844 bits per heavy atom. The lowest BCUT2D eigenvalue weighted by Gasteiger charge is -2.19. The minimum Gasteiger partial charge on any atom is -0.444 e. The Bertz CT molecular complexity index is 1130. The number of ether oxygens (including phenoxy) is 1. The van der Waals surface area contributed by atoms with Gasteiger partial charge >= 0.3 is 6.09 Å². The van der Waals surface area contributed by atoms with E-state index in [1.807, 2.05) is 36.4 Å². The molecule has 7 heteroatoms. The first kappa shape index (κ1) is 22.8. The Kier molecular flexibility index (Phi) is 7.10. The van der Waals surface area contributed by atoms with Gasteiger partial charge in [0.05, 0.1) is 0 Å². The average molecular weight is 434 g/mol. The van der Waals surface area contributed by atoms with E-state index < -0.39 is 11.7 Å². The van der Waals surface area contributed by atoms with E-state index in [1.165, 1.54) is 0 Å². The first-order valence-corrected chi connectivity index (χ1v) is 10.4. The van der Waals surface area contributed by atoms with E-state index in [2.05, 4.69) is 16.0 Å². The molecule has 32 heavy (non-hydrogen) atoms. The Labute approximate surface area is 187 Å². The summed E-state index contributed by atoms with van der Waals surface area (Å²) in [7, 11) is 0. The van der Waals surface area contributed by atoms with Gasteiger partial charge in [-0.05, 0) is 55.8 Å². The summed E-state index contributed by atoms with van der Waals surface area (Å²) < 4.78 is 5.13. The molecule has 0 saturated carbocycles. The molecule has 3 N–H and O–H groups in total. The summed E-state index contributed by atoms with van der Waals surface area (Å²) >= 11 is 0. The third-order valence-electron chi connectivity index (χ3n) is 4.46. The average Bonchev–Trinajstić information content (AvgIpc) is 2.72. The molecule has 3 amide bonds. The lowest BCUT2D eigenvalue weighted by Crippen LogP contribution is -2.34. The monoisotopic (exact) mass is 433 g/mol. The molecule has 0 aromatic heterocycles. The zero-order valence-electron chi connectivity index (χ0n) is 18.4. The number of fused-ring (bicyclic) bond motifs is 1. The third kappa shape index (κ3) is 6.57. The van der Waals surface area contributed by atoms with Crippen molar-refractivity contribution >= 4 is 40.1 Å². The number of hydrogen-bond acceptors (Lipinski definition) is 4. The highest BCUT2D eigenvalue weighted by Crippen LogP contribution is 2.21. The van der Waals surface area contributed by atoms with Gasteiger partial charge in [0.15, 0.2) is 0 Å². The van der Waals surface area contributed by atoms with Gasteiger partial charge in [0.25, 0.3) is 5.91 Å². The second-order valence-corrected chi connectivity index (χ2v) is 8.29. The molecule has 3 aromatic rings. The molecule has 0 spiro atoms. The van der Waals surface area contributed by atoms with Crippen LogP contribution >= 0.6 is 0 Å². The van der Waals surface area contributed by atoms with Crippen LogP contribution in [0.2, 0.25) is 0 Å². The number of amides is 3. The van der Waals surface area contributed by atoms with Crippen molar-refractivity contribution in [3.63, 3.8) is 0 Å². The molecule has 0 aliphatic carbocycles. The number of benzene rings is 3. The van der Waals surface area contributed by atoms with Crippen LogP contribution in [0.4, 0.5) is 16.2 Å². The molecule has 7 nitrogen and oxygen atoms in total. The molecule has 0 bridgehead atoms. The number of carbonyl (C=O) groups excluding carboxylic acids is 3. The van der Waals surface area contributed by atoms with Gasteiger partial charge in [-0.2, -0.15) is 0 Å². The largest absolute Gasteiger partial charge is 0.444 e. The Morgan fingerprint density at radius 2 is 1.50 bits per heavy atom. The maximum atomic E-state index is 12.8. The van der Waals surface area contributed by atoms with Crippen molar-refractivity contribution < 1.29 is 19.1 Å². The maximum Gasteiger partial charge on any atom is 0.407 e. The highest BCUT2D eigenvalue weighted by molar-refractivity contribution is 6.13. The van der Waals surface area contributed by atoms with Crippen LogP contribution in [0.1, 0.15) is 37.6 Å². The predicted octanol–water partition coefficient (Wildman–Crippen LogP) is 4.95. The summed E-state index contributed by atoms with van der Waals surface area (Å²) in [6, 6.07) is 20.2. The molecule has 0 radical (unpaired) electrons. The van der Waals surface area contributed by atoms with Gasteiger partial charge in [-0.1, -0.05) is 42.5 Å². The molecule has 0 aliphatic heterocycles. The van der Waals surface area contributed by atoms with Crippen molar-refractivity contribution in [1.29, 1.82) is 0 Å². The fraction of sp³-hybridized carbons (Fsp3) is 0.240. The molecule has 0 unspecified atom stereocenters. The van der Waals surface area contributed by atoms with Gasteiger partial charge in [0.2, 0.25) is 5.91 Å². The summed E-state index contributed by atoms with van der Waals surface area (Å²) in [6.07, 6.45) is -0.477. The van der Waals surface area contributed by atoms with E-state index in [4.69, 9.17) is 4.74 Å². The van der Waals surface area contributed by atoms with Crippen LogP contribution < -0.4 is 16.0 Å². The molecular weight excluding hydrogens is 406 g/mol. The van der Waals surface area contributed by atoms with Crippen molar-refractivity contribution in [2.45, 2.75) is 32.8 Å². The summed E-state index contributed by atoms with van der Waals surface area (Å²) in [4.78, 5) is 36.6. The van der Waals surface area contributed by atoms with E-state index in [1.54, 1.807) is 51.1 Å². The van der Waals surface area contributed by atoms with Gasteiger partial charge in [-0.15, -0.1) is 0 Å². The fourth-order valence-electron chi connectivity index (χ4n) is 3.11. The molecule has 0 saturated heterocycles. The highest BCUT2D eigenvalue weighted by Gasteiger charge is 2.16. The Morgan fingerprint density at radius 3 is 2.25 bits per heavy atom. The quantitative estimate of drug-likeness (QED) is 0.513. The van der Waals surface area contributed by atoms with Crippen molar-refractivity contribution in [2.75, 3.05) is 17.2 Å². The standard InChI is InChI=1S/C25H27N3O4/c1-25(2,3)32-24(31)26-15-14-22(29)27-18-10-7-11-19(16-18)28-23(30)21-13-6-9-17-8-4-5-12-20(17)21/h4-13,16H,14-15H2,1-3H3,(H,26,31)(H,27,29)(H,28,30). The van der Waals surface area contributed by atoms with Crippen LogP contribution in [0.3, 0.4) is 0 Å². The lowest BCUT2D eigenvalue weighted by atomic mass is 10.0. The SMILES string of the molecule is CC(C)(C)OC(=O)NCCC(=O)Nc1cccc(NC(=O)c2cccc3ccccc23)c1. The van der Waals surface area contributed by atoms with Gasteiger partial charge in [-0.25, -0.2) is 4.79 Å². The molecular formula is C25H27N3O4. The summed E-state index contributed by atoms with van der Waals surface area (Å²) in [5, 5.41) is 10.0. The minimum atomic E-state index is -0.594. The lowest BCUT2D eigenvalue weighted by molar-refractivity contribution is -0.116. The first-order valence-electron chi connectivity index (χ1n) is 10.4. The minimum absolute atomic E-state index is 0.0891. The van der Waals surface area contributed by atoms with E-state index in [0.29, 0.717) is 16.9 Å². The zero-order valence-corrected chi connectivity index (χ0v) is 18.4. The van der Waals surface area contributed by atoms with Crippen molar-refractivity contribution in [2.24, 2.45) is 0 Å². The number of anilines is 2. The van der Waals surface area contributed by atoms with Gasteiger partial charge in [0, 0.05) is 29.9 Å². The van der Waals surface area contributed by atoms with E-state index in [-0.39, 0.29) is 24.8 Å². The molecule has 166 valence electrons. The topological polar surface area (TPSA) is 96.5 Å². The van der Waals surface area contributed by atoms with Crippen LogP contribution in [-0.4, -0.2) is 30.1 Å². The number of alkyl carbamates (subject to hydrolysis) is 1. The number of rotatable bonds is 6. The predicted molar refractivity (Wildman–Crippen MR) is 126 cm³/mol. The zero-order chi connectivity index (χ0) is 23.1. The molecule has 0 aliphatic rings. The van der Waals surface area contributed by atoms with Crippen LogP contribution in [0.15, 0.2) is 66.7 Å². The maximum absolute atomic E-state index is 12.8. The highest BCUT2D eigenvalue weighted by atomic mass is 16.6. The van der Waals surface area contributed by atoms with Crippen LogP contribution in [0.5, 0.6) is 0 Å². The van der Waals surface area contributed by atoms with Crippen molar-refractivity contribution in [1.82, 2.24) is 5.32 Å². The number of hydrogen-bond donors (Lipinski definition) is 3. The summed E-state index contributed by atoms with van der Waals surface area (Å²) in [5.74, 6) is -0.495. The molecule has 3 rings (SSSR count). The van der Waals surface area contributed by atoms with Gasteiger partial charge in [-0.3, -0.25) is 9.59 Å². The molecule has 0 atom stereocenters. The normalized spacial score (nSPS) is 11.0. The van der Waals surface area contributed by atoms with Crippen molar-refractivity contribution in [3.8, 4) is 0 Å². The second kappa shape index (κ2) is 9.96. The molecule has 0 heterocycles. The summed E-state index contributed by atoms with van der Waals surface area (Å²) in [6.45, 7) is 5.46. The van der Waals surface area contributed by atoms with E-state index in [9.17, 15) is 14.4 Å². The van der Waals surface area contributed by atoms with E-state index >= 15 is 0 Å². The van der Waals surface area contributed by atoms with Crippen LogP contribution in [-0.2, 0) is 9.53 Å². The van der Waals surface area contributed by atoms with Gasteiger partial charge in [0.1, 0.15) is 5.60 Å². The first-order chi connectivity index (χ1) is 15.2. The van der Waals surface area contributed by atoms with Crippen LogP contribution in [0.25, 0.3) is 10.8 Å². The molecule has 0 fully saturated rings.